The predicted molar refractivity (Wildman–Crippen MR) is 180 cm³/mol. The van der Waals surface area contributed by atoms with Gasteiger partial charge in [0.2, 0.25) is 5.91 Å². The number of nitrogens with zero attached hydrogens (tertiary/aromatic N) is 2. The number of benzene rings is 4. The van der Waals surface area contributed by atoms with Gasteiger partial charge < -0.3 is 15.2 Å². The fraction of sp³-hybridized carbons (Fsp3) is 0.194. The standard InChI is InChI=1S/C23H23NO.C13H10Cl2N2O4/c1-4-10-20(11-5-1)23(21-12-6-2-7-13-21,22-14-8-3-9-15-22)24-16-18-25-19-17-24;14-10-6-9(13(15,19)7-11(10)17(20)21)12(18)16-8-4-2-1-3-5-8/h1-15H,16-19H2;1-7,9,19H,(H,16,18). The van der Waals surface area contributed by atoms with Crippen LogP contribution in [0.15, 0.2) is 144 Å². The first-order chi connectivity index (χ1) is 22.2. The monoisotopic (exact) mass is 657 g/mol. The van der Waals surface area contributed by atoms with Gasteiger partial charge in [-0.2, -0.15) is 0 Å². The minimum absolute atomic E-state index is 0.251. The molecule has 0 radical (unpaired) electrons. The largest absolute Gasteiger partial charge is 0.379 e. The van der Waals surface area contributed by atoms with Gasteiger partial charge in [0.1, 0.15) is 11.0 Å². The third-order valence-electron chi connectivity index (χ3n) is 7.91. The van der Waals surface area contributed by atoms with E-state index in [1.807, 2.05) is 0 Å². The predicted octanol–water partition coefficient (Wildman–Crippen LogP) is 6.78. The number of rotatable bonds is 7. The van der Waals surface area contributed by atoms with Crippen LogP contribution in [0.25, 0.3) is 0 Å². The molecule has 2 aliphatic rings. The molecule has 8 nitrogen and oxygen atoms in total. The van der Waals surface area contributed by atoms with Gasteiger partial charge in [0.25, 0.3) is 5.70 Å². The maximum Gasteiger partial charge on any atom is 0.287 e. The Hall–Kier alpha value is -4.31. The number of anilines is 1. The van der Waals surface area contributed by atoms with Gasteiger partial charge >= 0.3 is 0 Å². The summed E-state index contributed by atoms with van der Waals surface area (Å²) in [4.78, 5) is 24.7. The van der Waals surface area contributed by atoms with Crippen molar-refractivity contribution >= 4 is 34.8 Å². The number of nitro groups is 1. The van der Waals surface area contributed by atoms with Gasteiger partial charge in [-0.3, -0.25) is 19.8 Å². The van der Waals surface area contributed by atoms with Crippen LogP contribution >= 0.6 is 23.2 Å². The summed E-state index contributed by atoms with van der Waals surface area (Å²) in [6, 6.07) is 41.1. The Bertz CT molecular complexity index is 1580. The Balaban J connectivity index is 0.000000184. The molecule has 6 rings (SSSR count). The number of carbonyl (C=O) groups is 1. The van der Waals surface area contributed by atoms with Gasteiger partial charge in [0.15, 0.2) is 5.06 Å². The molecular formula is C36H33Cl2N3O5. The van der Waals surface area contributed by atoms with E-state index in [9.17, 15) is 20.0 Å². The van der Waals surface area contributed by atoms with Crippen molar-refractivity contribution in [2.75, 3.05) is 31.6 Å². The number of nitrogens with one attached hydrogen (secondary N) is 1. The summed E-state index contributed by atoms with van der Waals surface area (Å²) in [6.45, 7) is 3.37. The SMILES string of the molecule is O=C(Nc1ccccc1)C1C=C(Cl)C([N+](=O)[O-])=CC1(O)Cl.c1ccc(C(c2ccccc2)(c2ccccc2)N2CCOCC2)cc1. The van der Waals surface area contributed by atoms with E-state index >= 15 is 0 Å². The van der Waals surface area contributed by atoms with Crippen molar-refractivity contribution in [1.29, 1.82) is 0 Å². The molecule has 4 aromatic rings. The second kappa shape index (κ2) is 14.9. The van der Waals surface area contributed by atoms with Crippen LogP contribution in [0.2, 0.25) is 0 Å². The summed E-state index contributed by atoms with van der Waals surface area (Å²) >= 11 is 11.6. The molecule has 2 atom stereocenters. The van der Waals surface area contributed by atoms with Gasteiger partial charge in [-0.05, 0) is 34.9 Å². The number of aliphatic hydroxyl groups is 1. The molecule has 10 heteroatoms. The molecule has 1 aliphatic carbocycles. The highest BCUT2D eigenvalue weighted by atomic mass is 35.5. The van der Waals surface area contributed by atoms with E-state index in [1.54, 1.807) is 30.3 Å². The second-order valence-corrected chi connectivity index (χ2v) is 11.8. The van der Waals surface area contributed by atoms with Crippen molar-refractivity contribution in [3.8, 4) is 0 Å². The first-order valence-electron chi connectivity index (χ1n) is 14.7. The lowest BCUT2D eigenvalue weighted by Crippen LogP contribution is -2.52. The van der Waals surface area contributed by atoms with Crippen molar-refractivity contribution in [3.63, 3.8) is 0 Å². The number of alkyl halides is 1. The fourth-order valence-corrected chi connectivity index (χ4v) is 6.34. The lowest BCUT2D eigenvalue weighted by atomic mass is 9.75. The quantitative estimate of drug-likeness (QED) is 0.0983. The molecule has 46 heavy (non-hydrogen) atoms. The molecule has 0 saturated carbocycles. The average Bonchev–Trinajstić information content (AvgIpc) is 3.08. The number of hydrogen-bond donors (Lipinski definition) is 2. The van der Waals surface area contributed by atoms with Crippen LogP contribution in [-0.4, -0.2) is 52.2 Å². The average molecular weight is 659 g/mol. The molecule has 0 aromatic heterocycles. The number of hydrogen-bond acceptors (Lipinski definition) is 6. The van der Waals surface area contributed by atoms with Crippen LogP contribution in [-0.2, 0) is 15.1 Å². The Kier molecular flexibility index (Phi) is 10.7. The zero-order valence-electron chi connectivity index (χ0n) is 24.8. The molecule has 1 amide bonds. The highest BCUT2D eigenvalue weighted by Gasteiger charge is 2.44. The van der Waals surface area contributed by atoms with E-state index in [1.165, 1.54) is 16.7 Å². The number of amides is 1. The Labute approximate surface area is 277 Å². The first kappa shape index (κ1) is 33.1. The van der Waals surface area contributed by atoms with Crippen LogP contribution < -0.4 is 5.32 Å². The smallest absolute Gasteiger partial charge is 0.287 e. The van der Waals surface area contributed by atoms with Crippen molar-refractivity contribution in [1.82, 2.24) is 4.90 Å². The minimum Gasteiger partial charge on any atom is -0.379 e. The lowest BCUT2D eigenvalue weighted by molar-refractivity contribution is -0.420. The van der Waals surface area contributed by atoms with Gasteiger partial charge in [0.05, 0.1) is 23.7 Å². The molecular weight excluding hydrogens is 625 g/mol. The molecule has 236 valence electrons. The molecule has 1 heterocycles. The molecule has 4 aromatic carbocycles. The molecule has 1 fully saturated rings. The minimum atomic E-state index is -2.22. The summed E-state index contributed by atoms with van der Waals surface area (Å²) in [6.07, 6.45) is 1.82. The van der Waals surface area contributed by atoms with E-state index in [2.05, 4.69) is 101 Å². The zero-order valence-corrected chi connectivity index (χ0v) is 26.3. The van der Waals surface area contributed by atoms with Crippen molar-refractivity contribution in [2.45, 2.75) is 10.6 Å². The van der Waals surface area contributed by atoms with E-state index in [4.69, 9.17) is 27.9 Å². The van der Waals surface area contributed by atoms with E-state index in [-0.39, 0.29) is 10.6 Å². The van der Waals surface area contributed by atoms with E-state index in [0.29, 0.717) is 5.69 Å². The third-order valence-corrected chi connectivity index (χ3v) is 8.58. The van der Waals surface area contributed by atoms with Crippen LogP contribution in [0.5, 0.6) is 0 Å². The van der Waals surface area contributed by atoms with Gasteiger partial charge in [-0.15, -0.1) is 0 Å². The summed E-state index contributed by atoms with van der Waals surface area (Å²) < 4.78 is 5.66. The lowest BCUT2D eigenvalue weighted by Gasteiger charge is -2.47. The van der Waals surface area contributed by atoms with Crippen LogP contribution in [0.3, 0.4) is 0 Å². The Morgan fingerprint density at radius 3 is 1.72 bits per heavy atom. The summed E-state index contributed by atoms with van der Waals surface area (Å²) in [5.41, 5.74) is 3.56. The highest BCUT2D eigenvalue weighted by molar-refractivity contribution is 6.33. The summed E-state index contributed by atoms with van der Waals surface area (Å²) in [5, 5.41) is 20.9. The number of allylic oxidation sites excluding steroid dienone is 1. The van der Waals surface area contributed by atoms with Crippen LogP contribution in [0.4, 0.5) is 5.69 Å². The maximum absolute atomic E-state index is 12.1. The van der Waals surface area contributed by atoms with Crippen molar-refractivity contribution in [3.05, 3.63) is 171 Å². The summed E-state index contributed by atoms with van der Waals surface area (Å²) in [5.74, 6) is -1.88. The number of morpholine rings is 1. The van der Waals surface area contributed by atoms with Crippen molar-refractivity contribution in [2.24, 2.45) is 5.92 Å². The molecule has 2 N–H and O–H groups in total. The Morgan fingerprint density at radius 2 is 1.28 bits per heavy atom. The van der Waals surface area contributed by atoms with Crippen molar-refractivity contribution < 1.29 is 19.6 Å². The third kappa shape index (κ3) is 7.22. The zero-order chi connectivity index (χ0) is 32.6. The van der Waals surface area contributed by atoms with Gasteiger partial charge in [0, 0.05) is 24.9 Å². The number of carbonyl (C=O) groups excluding carboxylic acids is 1. The van der Waals surface area contributed by atoms with Gasteiger partial charge in [-0.25, -0.2) is 0 Å². The number of halogens is 2. The topological polar surface area (TPSA) is 105 Å². The Morgan fingerprint density at radius 1 is 0.848 bits per heavy atom. The fourth-order valence-electron chi connectivity index (χ4n) is 5.82. The van der Waals surface area contributed by atoms with Gasteiger partial charge in [-0.1, -0.05) is 132 Å². The molecule has 1 aliphatic heterocycles. The molecule has 0 spiro atoms. The maximum atomic E-state index is 12.1. The summed E-state index contributed by atoms with van der Waals surface area (Å²) in [7, 11) is 0. The normalized spacial score (nSPS) is 19.9. The van der Waals surface area contributed by atoms with E-state index in [0.717, 1.165) is 38.5 Å². The van der Waals surface area contributed by atoms with E-state index < -0.39 is 27.5 Å². The number of para-hydroxylation sites is 1. The highest BCUT2D eigenvalue weighted by Crippen LogP contribution is 2.42. The molecule has 2 unspecified atom stereocenters. The molecule has 0 bridgehead atoms. The van der Waals surface area contributed by atoms with Crippen LogP contribution in [0.1, 0.15) is 16.7 Å². The number of ether oxygens (including phenoxy) is 1. The first-order valence-corrected chi connectivity index (χ1v) is 15.5. The second-order valence-electron chi connectivity index (χ2n) is 10.8. The van der Waals surface area contributed by atoms with Crippen LogP contribution in [0, 0.1) is 16.0 Å². The molecule has 1 saturated heterocycles.